The second-order valence-electron chi connectivity index (χ2n) is 5.79. The van der Waals surface area contributed by atoms with E-state index in [2.05, 4.69) is 17.4 Å². The summed E-state index contributed by atoms with van der Waals surface area (Å²) in [5.74, 6) is -0.0844. The first-order valence-electron chi connectivity index (χ1n) is 7.97. The molecule has 3 aromatic rings. The Labute approximate surface area is 157 Å². The van der Waals surface area contributed by atoms with Crippen LogP contribution in [0.4, 0.5) is 5.69 Å². The number of anilines is 1. The summed E-state index contributed by atoms with van der Waals surface area (Å²) in [4.78, 5) is 12.4. The minimum atomic E-state index is -0.0844. The third-order valence-electron chi connectivity index (χ3n) is 3.88. The van der Waals surface area contributed by atoms with Gasteiger partial charge in [0, 0.05) is 5.69 Å². The van der Waals surface area contributed by atoms with Gasteiger partial charge in [-0.25, -0.2) is 0 Å². The molecule has 0 fully saturated rings. The highest BCUT2D eigenvalue weighted by atomic mass is 35.5. The standard InChI is InChI=1S/C21H17Cl2NO/c22-18-11-10-16(13-19(18)23)14-21(25)24-20-9-5-4-8-17(20)12-15-6-2-1-3-7-15/h1-11,13H,12,14H2,(H,24,25). The molecule has 0 aliphatic rings. The van der Waals surface area contributed by atoms with Gasteiger partial charge in [-0.15, -0.1) is 0 Å². The van der Waals surface area contributed by atoms with Crippen LogP contribution in [-0.2, 0) is 17.6 Å². The van der Waals surface area contributed by atoms with Crippen molar-refractivity contribution in [1.82, 2.24) is 0 Å². The first-order chi connectivity index (χ1) is 12.1. The van der Waals surface area contributed by atoms with E-state index >= 15 is 0 Å². The van der Waals surface area contributed by atoms with Crippen LogP contribution in [0.2, 0.25) is 10.0 Å². The molecule has 0 unspecified atom stereocenters. The molecule has 0 heterocycles. The zero-order chi connectivity index (χ0) is 17.6. The van der Waals surface area contributed by atoms with E-state index in [1.54, 1.807) is 12.1 Å². The predicted molar refractivity (Wildman–Crippen MR) is 104 cm³/mol. The van der Waals surface area contributed by atoms with Crippen LogP contribution >= 0.6 is 23.2 Å². The molecule has 1 N–H and O–H groups in total. The molecule has 0 saturated carbocycles. The second-order valence-corrected chi connectivity index (χ2v) is 6.61. The lowest BCUT2D eigenvalue weighted by atomic mass is 10.0. The average Bonchev–Trinajstić information content (AvgIpc) is 2.61. The van der Waals surface area contributed by atoms with Crippen molar-refractivity contribution >= 4 is 34.8 Å². The smallest absolute Gasteiger partial charge is 0.228 e. The summed E-state index contributed by atoms with van der Waals surface area (Å²) in [6.45, 7) is 0. The highest BCUT2D eigenvalue weighted by molar-refractivity contribution is 6.42. The van der Waals surface area contributed by atoms with Gasteiger partial charge in [0.05, 0.1) is 16.5 Å². The molecule has 0 aromatic heterocycles. The van der Waals surface area contributed by atoms with E-state index in [1.807, 2.05) is 48.5 Å². The molecule has 0 atom stereocenters. The van der Waals surface area contributed by atoms with E-state index < -0.39 is 0 Å². The minimum Gasteiger partial charge on any atom is -0.326 e. The van der Waals surface area contributed by atoms with Gasteiger partial charge in [-0.2, -0.15) is 0 Å². The molecule has 4 heteroatoms. The van der Waals surface area contributed by atoms with Gasteiger partial charge in [0.25, 0.3) is 0 Å². The number of rotatable bonds is 5. The zero-order valence-electron chi connectivity index (χ0n) is 13.5. The number of amides is 1. The fourth-order valence-corrected chi connectivity index (χ4v) is 2.96. The SMILES string of the molecule is O=C(Cc1ccc(Cl)c(Cl)c1)Nc1ccccc1Cc1ccccc1. The number of carbonyl (C=O) groups excluding carboxylic acids is 1. The molecular formula is C21H17Cl2NO. The quantitative estimate of drug-likeness (QED) is 0.607. The fourth-order valence-electron chi connectivity index (χ4n) is 2.64. The van der Waals surface area contributed by atoms with Gasteiger partial charge < -0.3 is 5.32 Å². The summed E-state index contributed by atoms with van der Waals surface area (Å²) in [5.41, 5.74) is 3.94. The molecule has 25 heavy (non-hydrogen) atoms. The summed E-state index contributed by atoms with van der Waals surface area (Å²) in [6.07, 6.45) is 1.01. The van der Waals surface area contributed by atoms with Crippen LogP contribution in [0.15, 0.2) is 72.8 Å². The lowest BCUT2D eigenvalue weighted by Crippen LogP contribution is -2.15. The van der Waals surface area contributed by atoms with Crippen molar-refractivity contribution in [1.29, 1.82) is 0 Å². The molecule has 0 aliphatic heterocycles. The Morgan fingerprint density at radius 3 is 2.28 bits per heavy atom. The Kier molecular flexibility index (Phi) is 5.75. The molecule has 126 valence electrons. The van der Waals surface area contributed by atoms with E-state index in [1.165, 1.54) is 5.56 Å². The lowest BCUT2D eigenvalue weighted by molar-refractivity contribution is -0.115. The minimum absolute atomic E-state index is 0.0844. The van der Waals surface area contributed by atoms with E-state index in [-0.39, 0.29) is 12.3 Å². The van der Waals surface area contributed by atoms with Gasteiger partial charge in [0.2, 0.25) is 5.91 Å². The van der Waals surface area contributed by atoms with Gasteiger partial charge in [-0.05, 0) is 41.3 Å². The van der Waals surface area contributed by atoms with E-state index in [9.17, 15) is 4.79 Å². The van der Waals surface area contributed by atoms with E-state index in [0.717, 1.165) is 23.2 Å². The number of benzene rings is 3. The van der Waals surface area contributed by atoms with Crippen LogP contribution in [0.1, 0.15) is 16.7 Å². The lowest BCUT2D eigenvalue weighted by Gasteiger charge is -2.11. The molecule has 3 rings (SSSR count). The Bertz CT molecular complexity index is 878. The van der Waals surface area contributed by atoms with E-state index in [4.69, 9.17) is 23.2 Å². The molecule has 0 spiro atoms. The van der Waals surface area contributed by atoms with Crippen molar-refractivity contribution in [3.05, 3.63) is 99.5 Å². The molecule has 1 amide bonds. The number of hydrogen-bond acceptors (Lipinski definition) is 1. The molecule has 2 nitrogen and oxygen atoms in total. The molecule has 0 aliphatic carbocycles. The molecule has 0 radical (unpaired) electrons. The van der Waals surface area contributed by atoms with Crippen molar-refractivity contribution in [2.45, 2.75) is 12.8 Å². The first-order valence-corrected chi connectivity index (χ1v) is 8.73. The maximum absolute atomic E-state index is 12.4. The second kappa shape index (κ2) is 8.19. The zero-order valence-corrected chi connectivity index (χ0v) is 15.0. The van der Waals surface area contributed by atoms with Crippen molar-refractivity contribution < 1.29 is 4.79 Å². The summed E-state index contributed by atoms with van der Waals surface area (Å²) in [7, 11) is 0. The highest BCUT2D eigenvalue weighted by Crippen LogP contribution is 2.23. The van der Waals surface area contributed by atoms with Gasteiger partial charge >= 0.3 is 0 Å². The van der Waals surface area contributed by atoms with Crippen LogP contribution in [0, 0.1) is 0 Å². The third-order valence-corrected chi connectivity index (χ3v) is 4.62. The summed E-state index contributed by atoms with van der Waals surface area (Å²) >= 11 is 11.9. The van der Waals surface area contributed by atoms with Crippen LogP contribution in [-0.4, -0.2) is 5.91 Å². The van der Waals surface area contributed by atoms with Crippen LogP contribution in [0.3, 0.4) is 0 Å². The van der Waals surface area contributed by atoms with Crippen molar-refractivity contribution in [2.75, 3.05) is 5.32 Å². The highest BCUT2D eigenvalue weighted by Gasteiger charge is 2.09. The normalized spacial score (nSPS) is 10.5. The van der Waals surface area contributed by atoms with Gasteiger partial charge in [-0.1, -0.05) is 77.8 Å². The first kappa shape index (κ1) is 17.5. The molecule has 3 aromatic carbocycles. The third kappa shape index (κ3) is 4.85. The van der Waals surface area contributed by atoms with Crippen molar-refractivity contribution in [3.8, 4) is 0 Å². The number of halogens is 2. The van der Waals surface area contributed by atoms with Crippen LogP contribution in [0.25, 0.3) is 0 Å². The fraction of sp³-hybridized carbons (Fsp3) is 0.0952. The maximum atomic E-state index is 12.4. The Morgan fingerprint density at radius 2 is 1.52 bits per heavy atom. The number of carbonyl (C=O) groups is 1. The van der Waals surface area contributed by atoms with Gasteiger partial charge in [-0.3, -0.25) is 4.79 Å². The van der Waals surface area contributed by atoms with E-state index in [0.29, 0.717) is 10.0 Å². The predicted octanol–water partition coefficient (Wildman–Crippen LogP) is 5.77. The molecule has 0 bridgehead atoms. The topological polar surface area (TPSA) is 29.1 Å². The Hall–Kier alpha value is -2.29. The van der Waals surface area contributed by atoms with Crippen molar-refractivity contribution in [2.24, 2.45) is 0 Å². The van der Waals surface area contributed by atoms with Crippen molar-refractivity contribution in [3.63, 3.8) is 0 Å². The summed E-state index contributed by atoms with van der Waals surface area (Å²) in [6, 6.07) is 23.3. The largest absolute Gasteiger partial charge is 0.326 e. The number of hydrogen-bond donors (Lipinski definition) is 1. The monoisotopic (exact) mass is 369 g/mol. The summed E-state index contributed by atoms with van der Waals surface area (Å²) < 4.78 is 0. The van der Waals surface area contributed by atoms with Crippen LogP contribution < -0.4 is 5.32 Å². The number of nitrogens with one attached hydrogen (secondary N) is 1. The average molecular weight is 370 g/mol. The van der Waals surface area contributed by atoms with Crippen LogP contribution in [0.5, 0.6) is 0 Å². The molecule has 0 saturated heterocycles. The Morgan fingerprint density at radius 1 is 0.800 bits per heavy atom. The van der Waals surface area contributed by atoms with Gasteiger partial charge in [0.1, 0.15) is 0 Å². The summed E-state index contributed by atoms with van der Waals surface area (Å²) in [5, 5.41) is 3.94. The van der Waals surface area contributed by atoms with Gasteiger partial charge in [0.15, 0.2) is 0 Å². The molecular weight excluding hydrogens is 353 g/mol. The maximum Gasteiger partial charge on any atom is 0.228 e. The Balaban J connectivity index is 1.72. The number of para-hydroxylation sites is 1.